The highest BCUT2D eigenvalue weighted by molar-refractivity contribution is 6.47. The smallest absolute Gasteiger partial charge is 0.275 e. The first-order valence-electron chi connectivity index (χ1n) is 9.20. The molecule has 1 saturated carbocycles. The summed E-state index contributed by atoms with van der Waals surface area (Å²) in [5.74, 6) is -1.61. The number of rotatable bonds is 4. The maximum Gasteiger partial charge on any atom is 0.275 e. The van der Waals surface area contributed by atoms with E-state index in [1.165, 1.54) is 47.4 Å². The van der Waals surface area contributed by atoms with Crippen LogP contribution < -0.4 is 5.32 Å². The van der Waals surface area contributed by atoms with Gasteiger partial charge in [-0.1, -0.05) is 6.07 Å². The van der Waals surface area contributed by atoms with Gasteiger partial charge in [-0.05, 0) is 68.1 Å². The highest BCUT2D eigenvalue weighted by Crippen LogP contribution is 2.41. The number of anilines is 1. The van der Waals surface area contributed by atoms with E-state index in [9.17, 15) is 18.4 Å². The van der Waals surface area contributed by atoms with E-state index >= 15 is 0 Å². The van der Waals surface area contributed by atoms with Crippen LogP contribution in [0.25, 0.3) is 0 Å². The minimum Gasteiger partial charge on any atom is -0.324 e. The van der Waals surface area contributed by atoms with E-state index in [0.29, 0.717) is 24.1 Å². The fraction of sp³-hybridized carbons (Fsp3) is 0.286. The Hall–Kier alpha value is -3.09. The van der Waals surface area contributed by atoms with Gasteiger partial charge >= 0.3 is 0 Å². The van der Waals surface area contributed by atoms with Crippen molar-refractivity contribution in [3.63, 3.8) is 0 Å². The molecule has 2 amide bonds. The maximum atomic E-state index is 13.3. The summed E-state index contributed by atoms with van der Waals surface area (Å²) in [6, 6.07) is 11.2. The number of benzene rings is 2. The molecule has 1 N–H and O–H groups in total. The molecule has 5 nitrogen and oxygen atoms in total. The molecule has 1 aliphatic heterocycles. The Balaban J connectivity index is 1.57. The van der Waals surface area contributed by atoms with Gasteiger partial charge in [-0.2, -0.15) is 0 Å². The summed E-state index contributed by atoms with van der Waals surface area (Å²) < 4.78 is 26.6. The molecule has 4 rings (SSSR count). The van der Waals surface area contributed by atoms with Crippen molar-refractivity contribution in [3.8, 4) is 0 Å². The van der Waals surface area contributed by atoms with Crippen LogP contribution in [0, 0.1) is 11.6 Å². The van der Waals surface area contributed by atoms with E-state index < -0.39 is 23.2 Å². The van der Waals surface area contributed by atoms with Gasteiger partial charge in [0, 0.05) is 11.3 Å². The van der Waals surface area contributed by atoms with Crippen molar-refractivity contribution < 1.29 is 18.4 Å². The van der Waals surface area contributed by atoms with Crippen LogP contribution in [-0.4, -0.2) is 34.6 Å². The minimum absolute atomic E-state index is 0.177. The van der Waals surface area contributed by atoms with Crippen molar-refractivity contribution in [1.82, 2.24) is 4.90 Å². The van der Waals surface area contributed by atoms with Crippen molar-refractivity contribution in [2.45, 2.75) is 31.3 Å². The number of amides is 2. The summed E-state index contributed by atoms with van der Waals surface area (Å²) in [6.07, 6.45) is 3.18. The second kappa shape index (κ2) is 7.14. The van der Waals surface area contributed by atoms with E-state index in [1.54, 1.807) is 6.07 Å². The van der Waals surface area contributed by atoms with Crippen LogP contribution in [-0.2, 0) is 9.59 Å². The Kier molecular flexibility index (Phi) is 4.66. The first-order valence-corrected chi connectivity index (χ1v) is 9.20. The van der Waals surface area contributed by atoms with Crippen LogP contribution in [0.5, 0.6) is 0 Å². The summed E-state index contributed by atoms with van der Waals surface area (Å²) >= 11 is 0. The molecule has 2 aromatic carbocycles. The first kappa shape index (κ1) is 18.3. The third kappa shape index (κ3) is 3.40. The van der Waals surface area contributed by atoms with Crippen LogP contribution in [0.15, 0.2) is 53.5 Å². The number of hydrogen-bond donors (Lipinski definition) is 1. The van der Waals surface area contributed by atoms with Crippen LogP contribution in [0.1, 0.15) is 31.2 Å². The molecule has 0 radical (unpaired) electrons. The number of aliphatic imine (C=N–C) groups is 1. The van der Waals surface area contributed by atoms with Gasteiger partial charge in [0.05, 0.1) is 0 Å². The molecule has 0 unspecified atom stereocenters. The molecule has 144 valence electrons. The summed E-state index contributed by atoms with van der Waals surface area (Å²) in [6.45, 7) is -0.177. The highest BCUT2D eigenvalue weighted by Gasteiger charge is 2.49. The number of carbonyl (C=O) groups excluding carboxylic acids is 2. The van der Waals surface area contributed by atoms with Gasteiger partial charge in [-0.25, -0.2) is 8.78 Å². The van der Waals surface area contributed by atoms with Crippen molar-refractivity contribution >= 4 is 23.2 Å². The van der Waals surface area contributed by atoms with Gasteiger partial charge in [0.15, 0.2) is 0 Å². The monoisotopic (exact) mass is 383 g/mol. The molecule has 0 aromatic heterocycles. The Labute approximate surface area is 161 Å². The number of carbonyl (C=O) groups is 2. The SMILES string of the molecule is O=C(CN1C(=O)C(c2ccc(F)cc2)=NC12CCCC2)Nc1cccc(F)c1. The fourth-order valence-electron chi connectivity index (χ4n) is 3.88. The lowest BCUT2D eigenvalue weighted by molar-refractivity contribution is -0.132. The molecule has 0 bridgehead atoms. The summed E-state index contributed by atoms with van der Waals surface area (Å²) in [4.78, 5) is 31.8. The molecule has 1 fully saturated rings. The lowest BCUT2D eigenvalue weighted by Gasteiger charge is -2.32. The third-order valence-electron chi connectivity index (χ3n) is 5.20. The second-order valence-electron chi connectivity index (χ2n) is 7.11. The zero-order valence-electron chi connectivity index (χ0n) is 15.1. The summed E-state index contributed by atoms with van der Waals surface area (Å²) in [7, 11) is 0. The van der Waals surface area contributed by atoms with Crippen molar-refractivity contribution in [2.24, 2.45) is 4.99 Å². The standard InChI is InChI=1S/C21H19F2N3O2/c22-15-8-6-14(7-9-15)19-20(28)26(21(25-19)10-1-2-11-21)13-18(27)24-17-5-3-4-16(23)12-17/h3-9,12H,1-2,10-11,13H2,(H,24,27). The number of nitrogens with one attached hydrogen (secondary N) is 1. The third-order valence-corrected chi connectivity index (χ3v) is 5.20. The van der Waals surface area contributed by atoms with Crippen LogP contribution in [0.4, 0.5) is 14.5 Å². The van der Waals surface area contributed by atoms with E-state index in [4.69, 9.17) is 0 Å². The average Bonchev–Trinajstić information content (AvgIpc) is 3.23. The van der Waals surface area contributed by atoms with E-state index in [2.05, 4.69) is 10.3 Å². The van der Waals surface area contributed by atoms with Crippen molar-refractivity contribution in [3.05, 3.63) is 65.7 Å². The zero-order chi connectivity index (χ0) is 19.7. The molecule has 0 atom stereocenters. The number of nitrogens with zero attached hydrogens (tertiary/aromatic N) is 2. The van der Waals surface area contributed by atoms with Gasteiger partial charge in [0.1, 0.15) is 29.6 Å². The molecule has 28 heavy (non-hydrogen) atoms. The molecule has 2 aromatic rings. The molecule has 1 spiro atoms. The lowest BCUT2D eigenvalue weighted by atomic mass is 10.1. The number of halogens is 2. The van der Waals surface area contributed by atoms with Gasteiger partial charge < -0.3 is 10.2 Å². The second-order valence-corrected chi connectivity index (χ2v) is 7.11. The van der Waals surface area contributed by atoms with Crippen molar-refractivity contribution in [2.75, 3.05) is 11.9 Å². The predicted molar refractivity (Wildman–Crippen MR) is 101 cm³/mol. The molecule has 0 saturated heterocycles. The molecule has 1 heterocycles. The summed E-state index contributed by atoms with van der Waals surface area (Å²) in [5.41, 5.74) is 0.378. The average molecular weight is 383 g/mol. The van der Waals surface area contributed by atoms with Gasteiger partial charge in [-0.3, -0.25) is 14.6 Å². The first-order chi connectivity index (χ1) is 13.5. The maximum absolute atomic E-state index is 13.3. The Morgan fingerprint density at radius 1 is 1.07 bits per heavy atom. The predicted octanol–water partition coefficient (Wildman–Crippen LogP) is 3.51. The lowest BCUT2D eigenvalue weighted by Crippen LogP contribution is -2.48. The van der Waals surface area contributed by atoms with Crippen LogP contribution in [0.3, 0.4) is 0 Å². The zero-order valence-corrected chi connectivity index (χ0v) is 15.1. The Bertz CT molecular complexity index is 950. The molecular formula is C21H19F2N3O2. The molecular weight excluding hydrogens is 364 g/mol. The Morgan fingerprint density at radius 2 is 1.79 bits per heavy atom. The molecule has 7 heteroatoms. The number of hydrogen-bond acceptors (Lipinski definition) is 3. The van der Waals surface area contributed by atoms with Gasteiger partial charge in [0.25, 0.3) is 5.91 Å². The fourth-order valence-corrected chi connectivity index (χ4v) is 3.88. The molecule has 1 aliphatic carbocycles. The van der Waals surface area contributed by atoms with Gasteiger partial charge in [-0.15, -0.1) is 0 Å². The highest BCUT2D eigenvalue weighted by atomic mass is 19.1. The van der Waals surface area contributed by atoms with Gasteiger partial charge in [0.2, 0.25) is 5.91 Å². The van der Waals surface area contributed by atoms with E-state index in [-0.39, 0.29) is 18.2 Å². The largest absolute Gasteiger partial charge is 0.324 e. The quantitative estimate of drug-likeness (QED) is 0.878. The van der Waals surface area contributed by atoms with Crippen molar-refractivity contribution in [1.29, 1.82) is 0 Å². The van der Waals surface area contributed by atoms with Crippen LogP contribution in [0.2, 0.25) is 0 Å². The molecule has 2 aliphatic rings. The minimum atomic E-state index is -0.736. The van der Waals surface area contributed by atoms with Crippen LogP contribution >= 0.6 is 0 Å². The topological polar surface area (TPSA) is 61.8 Å². The normalized spacial score (nSPS) is 17.9. The Morgan fingerprint density at radius 3 is 2.46 bits per heavy atom. The summed E-state index contributed by atoms with van der Waals surface area (Å²) in [5, 5.41) is 2.63. The van der Waals surface area contributed by atoms with E-state index in [0.717, 1.165) is 12.8 Å². The van der Waals surface area contributed by atoms with E-state index in [1.807, 2.05) is 0 Å².